The fourth-order valence-electron chi connectivity index (χ4n) is 2.39. The third-order valence-corrected chi connectivity index (χ3v) is 4.59. The molecule has 0 unspecified atom stereocenters. The van der Waals surface area contributed by atoms with E-state index in [4.69, 9.17) is 0 Å². The van der Waals surface area contributed by atoms with Crippen molar-refractivity contribution >= 4 is 21.7 Å². The Morgan fingerprint density at radius 3 is 2.43 bits per heavy atom. The molecule has 0 aromatic carbocycles. The second-order valence-corrected chi connectivity index (χ2v) is 5.75. The Labute approximate surface area is 133 Å². The number of halogens is 1. The summed E-state index contributed by atoms with van der Waals surface area (Å²) in [5.41, 5.74) is 3.49. The Balaban J connectivity index is 2.32. The molecule has 21 heavy (non-hydrogen) atoms. The molecule has 0 aliphatic heterocycles. The zero-order chi connectivity index (χ0) is 15.6. The van der Waals surface area contributed by atoms with E-state index in [2.05, 4.69) is 26.1 Å². The molecule has 114 valence electrons. The Hall–Kier alpha value is -1.43. The third-order valence-electron chi connectivity index (χ3n) is 3.56. The first kappa shape index (κ1) is 15.9. The highest BCUT2D eigenvalue weighted by Crippen LogP contribution is 2.23. The number of hydrogen-bond donors (Lipinski definition) is 0. The summed E-state index contributed by atoms with van der Waals surface area (Å²) in [6.07, 6.45) is 1.17. The van der Waals surface area contributed by atoms with Gasteiger partial charge in [-0.3, -0.25) is 14.2 Å². The monoisotopic (exact) mass is 352 g/mol. The van der Waals surface area contributed by atoms with Gasteiger partial charge in [0, 0.05) is 13.1 Å². The van der Waals surface area contributed by atoms with Crippen molar-refractivity contribution in [2.75, 3.05) is 0 Å². The van der Waals surface area contributed by atoms with E-state index in [-0.39, 0.29) is 5.78 Å². The summed E-state index contributed by atoms with van der Waals surface area (Å²) in [7, 11) is 0. The smallest absolute Gasteiger partial charge is 0.186 e. The minimum atomic E-state index is 0.0827. The van der Waals surface area contributed by atoms with Crippen LogP contribution in [0.4, 0.5) is 0 Å². The van der Waals surface area contributed by atoms with Gasteiger partial charge >= 0.3 is 0 Å². The minimum absolute atomic E-state index is 0.0827. The predicted octanol–water partition coefficient (Wildman–Crippen LogP) is 3.18. The zero-order valence-electron chi connectivity index (χ0n) is 13.0. The van der Waals surface area contributed by atoms with Gasteiger partial charge in [0.1, 0.15) is 5.69 Å². The first-order valence-electron chi connectivity index (χ1n) is 7.33. The average molecular weight is 353 g/mol. The van der Waals surface area contributed by atoms with Crippen molar-refractivity contribution in [3.63, 3.8) is 0 Å². The maximum atomic E-state index is 12.6. The van der Waals surface area contributed by atoms with Crippen LogP contribution < -0.4 is 0 Å². The van der Waals surface area contributed by atoms with Crippen molar-refractivity contribution in [2.24, 2.45) is 0 Å². The van der Waals surface area contributed by atoms with Crippen LogP contribution in [0.5, 0.6) is 0 Å². The maximum Gasteiger partial charge on any atom is 0.186 e. The number of Topliss-reactive ketones (excluding diaryl/α,β-unsaturated/α-hetero) is 1. The largest absolute Gasteiger partial charge is 0.292 e. The van der Waals surface area contributed by atoms with Crippen LogP contribution in [0, 0.1) is 6.92 Å². The highest BCUT2D eigenvalue weighted by Gasteiger charge is 2.19. The number of hydrogen-bond acceptors (Lipinski definition) is 3. The average Bonchev–Trinajstić information content (AvgIpc) is 3.03. The molecule has 0 aliphatic rings. The van der Waals surface area contributed by atoms with E-state index >= 15 is 0 Å². The highest BCUT2D eigenvalue weighted by molar-refractivity contribution is 9.10. The molecule has 0 fully saturated rings. The lowest BCUT2D eigenvalue weighted by Crippen LogP contribution is -2.14. The van der Waals surface area contributed by atoms with Crippen LogP contribution in [0.15, 0.2) is 10.5 Å². The lowest BCUT2D eigenvalue weighted by Gasteiger charge is -2.06. The van der Waals surface area contributed by atoms with E-state index in [0.717, 1.165) is 34.5 Å². The van der Waals surface area contributed by atoms with Crippen molar-refractivity contribution in [3.05, 3.63) is 33.3 Å². The number of carbonyl (C=O) groups is 1. The van der Waals surface area contributed by atoms with Crippen LogP contribution in [0.1, 0.15) is 48.3 Å². The van der Waals surface area contributed by atoms with Gasteiger partial charge in [-0.2, -0.15) is 10.2 Å². The standard InChI is InChI=1S/C15H21BrN4O/c1-5-11-8-12(19(6-2)18-11)14(21)9-13-15(16)10(4)17-20(13)7-3/h8H,5-7,9H2,1-4H3. The first-order chi connectivity index (χ1) is 10.0. The molecular formula is C15H21BrN4O. The molecule has 0 N–H and O–H groups in total. The molecule has 0 amide bonds. The Bertz CT molecular complexity index is 657. The zero-order valence-corrected chi connectivity index (χ0v) is 14.6. The molecule has 0 saturated heterocycles. The van der Waals surface area contributed by atoms with Crippen molar-refractivity contribution in [1.82, 2.24) is 19.6 Å². The fourth-order valence-corrected chi connectivity index (χ4v) is 2.81. The minimum Gasteiger partial charge on any atom is -0.292 e. The van der Waals surface area contributed by atoms with Crippen molar-refractivity contribution in [2.45, 2.75) is 53.6 Å². The number of carbonyl (C=O) groups excluding carboxylic acids is 1. The molecule has 2 aromatic heterocycles. The van der Waals surface area contributed by atoms with E-state index in [1.807, 2.05) is 38.4 Å². The van der Waals surface area contributed by atoms with Crippen LogP contribution in [-0.2, 0) is 25.9 Å². The Kier molecular flexibility index (Phi) is 4.98. The van der Waals surface area contributed by atoms with Crippen molar-refractivity contribution < 1.29 is 4.79 Å². The molecule has 0 bridgehead atoms. The van der Waals surface area contributed by atoms with E-state index in [0.29, 0.717) is 18.7 Å². The lowest BCUT2D eigenvalue weighted by atomic mass is 10.1. The SMILES string of the molecule is CCc1cc(C(=O)Cc2c(Br)c(C)nn2CC)n(CC)n1. The number of nitrogens with zero attached hydrogens (tertiary/aromatic N) is 4. The molecule has 2 rings (SSSR count). The van der Waals surface area contributed by atoms with Crippen LogP contribution in [-0.4, -0.2) is 25.3 Å². The summed E-state index contributed by atoms with van der Waals surface area (Å²) >= 11 is 3.54. The molecule has 0 radical (unpaired) electrons. The molecular weight excluding hydrogens is 332 g/mol. The van der Waals surface area contributed by atoms with Crippen LogP contribution in [0.2, 0.25) is 0 Å². The Morgan fingerprint density at radius 1 is 1.19 bits per heavy atom. The van der Waals surface area contributed by atoms with E-state index in [1.54, 1.807) is 4.68 Å². The van der Waals surface area contributed by atoms with E-state index in [9.17, 15) is 4.79 Å². The van der Waals surface area contributed by atoms with Crippen LogP contribution in [0.3, 0.4) is 0 Å². The predicted molar refractivity (Wildman–Crippen MR) is 85.7 cm³/mol. The molecule has 0 saturated carbocycles. The number of ketones is 1. The van der Waals surface area contributed by atoms with Crippen molar-refractivity contribution in [3.8, 4) is 0 Å². The van der Waals surface area contributed by atoms with E-state index < -0.39 is 0 Å². The highest BCUT2D eigenvalue weighted by atomic mass is 79.9. The lowest BCUT2D eigenvalue weighted by molar-refractivity contribution is 0.0980. The van der Waals surface area contributed by atoms with Gasteiger partial charge in [0.2, 0.25) is 0 Å². The molecule has 0 aliphatic carbocycles. The van der Waals surface area contributed by atoms with Gasteiger partial charge in [0.25, 0.3) is 0 Å². The van der Waals surface area contributed by atoms with E-state index in [1.165, 1.54) is 0 Å². The normalized spacial score (nSPS) is 11.1. The summed E-state index contributed by atoms with van der Waals surface area (Å²) in [6.45, 7) is 9.47. The fraction of sp³-hybridized carbons (Fsp3) is 0.533. The molecule has 0 atom stereocenters. The molecule has 0 spiro atoms. The summed E-state index contributed by atoms with van der Waals surface area (Å²) in [6, 6.07) is 1.90. The van der Waals surface area contributed by atoms with Crippen LogP contribution >= 0.6 is 15.9 Å². The van der Waals surface area contributed by atoms with Gasteiger partial charge in [-0.1, -0.05) is 6.92 Å². The number of rotatable bonds is 6. The summed E-state index contributed by atoms with van der Waals surface area (Å²) in [5.74, 6) is 0.0827. The number of aryl methyl sites for hydroxylation is 4. The maximum absolute atomic E-state index is 12.6. The molecule has 6 heteroatoms. The summed E-state index contributed by atoms with van der Waals surface area (Å²) < 4.78 is 4.59. The number of aromatic nitrogens is 4. The van der Waals surface area contributed by atoms with Gasteiger partial charge in [0.05, 0.1) is 28.0 Å². The van der Waals surface area contributed by atoms with Crippen molar-refractivity contribution in [1.29, 1.82) is 0 Å². The van der Waals surface area contributed by atoms with Gasteiger partial charge in [0.15, 0.2) is 5.78 Å². The second-order valence-electron chi connectivity index (χ2n) is 4.95. The molecule has 2 aromatic rings. The van der Waals surface area contributed by atoms with Gasteiger partial charge in [-0.05, 0) is 49.2 Å². The first-order valence-corrected chi connectivity index (χ1v) is 8.12. The van der Waals surface area contributed by atoms with Gasteiger partial charge in [-0.25, -0.2) is 0 Å². The third kappa shape index (κ3) is 3.10. The molecule has 2 heterocycles. The van der Waals surface area contributed by atoms with Gasteiger partial charge in [-0.15, -0.1) is 0 Å². The van der Waals surface area contributed by atoms with Crippen LogP contribution in [0.25, 0.3) is 0 Å². The Morgan fingerprint density at radius 2 is 1.86 bits per heavy atom. The molecule has 5 nitrogen and oxygen atoms in total. The topological polar surface area (TPSA) is 52.7 Å². The van der Waals surface area contributed by atoms with Gasteiger partial charge < -0.3 is 0 Å². The summed E-state index contributed by atoms with van der Waals surface area (Å²) in [4.78, 5) is 12.6. The second kappa shape index (κ2) is 6.56. The quantitative estimate of drug-likeness (QED) is 0.750. The summed E-state index contributed by atoms with van der Waals surface area (Å²) in [5, 5.41) is 8.88.